The molecular formula is C48H38N4O2. The van der Waals surface area contributed by atoms with Crippen molar-refractivity contribution in [2.24, 2.45) is 10.8 Å². The van der Waals surface area contributed by atoms with Gasteiger partial charge in [-0.05, 0) is 126 Å². The summed E-state index contributed by atoms with van der Waals surface area (Å²) in [5, 5.41) is 36.5. The number of carbonyl (C=O) groups is 1. The van der Waals surface area contributed by atoms with Crippen molar-refractivity contribution in [3.05, 3.63) is 177 Å². The lowest BCUT2D eigenvalue weighted by Crippen LogP contribution is -2.62. The van der Waals surface area contributed by atoms with Gasteiger partial charge >= 0.3 is 5.97 Å². The predicted molar refractivity (Wildman–Crippen MR) is 204 cm³/mol. The van der Waals surface area contributed by atoms with E-state index in [-0.39, 0.29) is 10.8 Å². The van der Waals surface area contributed by atoms with Crippen LogP contribution in [-0.2, 0) is 21.2 Å². The molecule has 0 aromatic heterocycles. The summed E-state index contributed by atoms with van der Waals surface area (Å²) < 4.78 is 5.93. The second kappa shape index (κ2) is 12.6. The smallest absolute Gasteiger partial charge is 0.340 e. The second-order valence-electron chi connectivity index (χ2n) is 16.6. The van der Waals surface area contributed by atoms with Crippen LogP contribution in [0, 0.1) is 56.2 Å². The molecule has 10 rings (SSSR count). The summed E-state index contributed by atoms with van der Waals surface area (Å²) in [6.07, 6.45) is 7.50. The van der Waals surface area contributed by atoms with Gasteiger partial charge in [-0.2, -0.15) is 21.0 Å². The Balaban J connectivity index is 0.000000154. The predicted octanol–water partition coefficient (Wildman–Crippen LogP) is 9.89. The molecular weight excluding hydrogens is 665 g/mol. The fourth-order valence-corrected chi connectivity index (χ4v) is 11.5. The van der Waals surface area contributed by atoms with Crippen molar-refractivity contribution in [3.8, 4) is 24.3 Å². The summed E-state index contributed by atoms with van der Waals surface area (Å²) in [5.74, 6) is -0.394. The molecule has 5 aromatic carbocycles. The second-order valence-corrected chi connectivity index (χ2v) is 16.6. The van der Waals surface area contributed by atoms with Crippen molar-refractivity contribution in [1.29, 1.82) is 21.0 Å². The number of nitriles is 4. The number of carbonyl (C=O) groups excluding carboxylic acids is 1. The molecule has 0 amide bonds. The van der Waals surface area contributed by atoms with E-state index in [1.54, 1.807) is 60.7 Å². The minimum absolute atomic E-state index is 0.195. The molecule has 6 nitrogen and oxygen atoms in total. The van der Waals surface area contributed by atoms with Crippen molar-refractivity contribution >= 4 is 5.97 Å². The Bertz CT molecular complexity index is 2300. The number of ether oxygens (including phenoxy) is 1. The summed E-state index contributed by atoms with van der Waals surface area (Å²) in [5.41, 5.74) is 8.14. The van der Waals surface area contributed by atoms with Gasteiger partial charge in [-0.15, -0.1) is 0 Å². The van der Waals surface area contributed by atoms with Crippen LogP contribution in [0.2, 0.25) is 0 Å². The first-order valence-electron chi connectivity index (χ1n) is 18.4. The summed E-state index contributed by atoms with van der Waals surface area (Å²) in [6, 6.07) is 46.8. The lowest BCUT2D eigenvalue weighted by atomic mass is 9.34. The minimum atomic E-state index is -1.10. The Morgan fingerprint density at radius 3 is 1.19 bits per heavy atom. The van der Waals surface area contributed by atoms with Crippen LogP contribution in [0.3, 0.4) is 0 Å². The fourth-order valence-electron chi connectivity index (χ4n) is 11.5. The molecule has 6 heteroatoms. The number of hydrogen-bond acceptors (Lipinski definition) is 6. The van der Waals surface area contributed by atoms with Gasteiger partial charge in [0.15, 0.2) is 5.60 Å². The average Bonchev–Trinajstić information content (AvgIpc) is 3.49. The van der Waals surface area contributed by atoms with Gasteiger partial charge in [0.05, 0.1) is 52.1 Å². The monoisotopic (exact) mass is 702 g/mol. The number of esters is 1. The Labute approximate surface area is 316 Å². The van der Waals surface area contributed by atoms with Crippen molar-refractivity contribution in [2.75, 3.05) is 0 Å². The topological polar surface area (TPSA) is 121 Å². The third kappa shape index (κ3) is 5.55. The van der Waals surface area contributed by atoms with Gasteiger partial charge in [-0.3, -0.25) is 0 Å². The Morgan fingerprint density at radius 1 is 0.463 bits per heavy atom. The summed E-state index contributed by atoms with van der Waals surface area (Å²) in [7, 11) is 0. The lowest BCUT2D eigenvalue weighted by Gasteiger charge is -2.70. The summed E-state index contributed by atoms with van der Waals surface area (Å²) in [6.45, 7) is 5.00. The van der Waals surface area contributed by atoms with E-state index in [1.807, 2.05) is 36.4 Å². The highest BCUT2D eigenvalue weighted by Gasteiger charge is 2.66. The van der Waals surface area contributed by atoms with Gasteiger partial charge in [-0.1, -0.05) is 80.6 Å². The molecule has 0 atom stereocenters. The van der Waals surface area contributed by atoms with Crippen LogP contribution in [0.15, 0.2) is 121 Å². The molecule has 5 aromatic rings. The molecule has 4 saturated carbocycles. The SMILES string of the molecule is CC12CC3(C)CC(c4ccc(C#N)cc4)(C1)CC(c1ccc(C#N)cc1)(C2)C3.N#Cc1ccc(C2(c3ccc(C#N)cc3)OC(=O)c3ccccc32)cc1. The molecule has 1 aliphatic heterocycles. The number of rotatable bonds is 4. The molecule has 4 bridgehead atoms. The van der Waals surface area contributed by atoms with Gasteiger partial charge in [0.25, 0.3) is 0 Å². The average molecular weight is 703 g/mol. The Hall–Kier alpha value is -6.47. The molecule has 0 radical (unpaired) electrons. The minimum Gasteiger partial charge on any atom is -0.441 e. The van der Waals surface area contributed by atoms with Crippen molar-refractivity contribution < 1.29 is 9.53 Å². The van der Waals surface area contributed by atoms with Gasteiger partial charge in [0.2, 0.25) is 0 Å². The molecule has 54 heavy (non-hydrogen) atoms. The van der Waals surface area contributed by atoms with Crippen LogP contribution in [-0.4, -0.2) is 5.97 Å². The molecule has 4 aliphatic carbocycles. The lowest BCUT2D eigenvalue weighted by molar-refractivity contribution is -0.126. The zero-order chi connectivity index (χ0) is 37.8. The third-order valence-electron chi connectivity index (χ3n) is 12.5. The molecule has 0 unspecified atom stereocenters. The van der Waals surface area contributed by atoms with E-state index in [2.05, 4.69) is 62.4 Å². The molecule has 4 fully saturated rings. The maximum absolute atomic E-state index is 12.5. The normalized spacial score (nSPS) is 26.4. The van der Waals surface area contributed by atoms with E-state index in [4.69, 9.17) is 15.3 Å². The molecule has 0 N–H and O–H groups in total. The largest absolute Gasteiger partial charge is 0.441 e. The number of nitrogens with zero attached hydrogens (tertiary/aromatic N) is 4. The van der Waals surface area contributed by atoms with Crippen LogP contribution in [0.5, 0.6) is 0 Å². The first-order valence-corrected chi connectivity index (χ1v) is 18.4. The zero-order valence-electron chi connectivity index (χ0n) is 30.4. The van der Waals surface area contributed by atoms with Gasteiger partial charge in [-0.25, -0.2) is 4.79 Å². The summed E-state index contributed by atoms with van der Waals surface area (Å²) in [4.78, 5) is 12.5. The van der Waals surface area contributed by atoms with E-state index in [0.717, 1.165) is 27.8 Å². The van der Waals surface area contributed by atoms with Crippen molar-refractivity contribution in [2.45, 2.75) is 68.8 Å². The van der Waals surface area contributed by atoms with Crippen molar-refractivity contribution in [1.82, 2.24) is 0 Å². The number of fused-ring (bicyclic) bond motifs is 1. The van der Waals surface area contributed by atoms with Gasteiger partial charge < -0.3 is 4.74 Å². The van der Waals surface area contributed by atoms with Gasteiger partial charge in [0.1, 0.15) is 0 Å². The number of benzene rings is 5. The molecule has 0 spiro atoms. The van der Waals surface area contributed by atoms with E-state index >= 15 is 0 Å². The maximum Gasteiger partial charge on any atom is 0.340 e. The molecule has 1 heterocycles. The standard InChI is InChI=1S/C26H26N2.C22H12N2O2/c1-23-13-24(2)16-25(14-23,21-7-3-19(11-27)4-8-21)18-26(15-23,17-24)22-9-5-20(12-28)6-10-22;23-13-15-5-9-17(10-6-15)22(18-11-7-16(14-24)8-12-18)20-4-2-1-3-19(20)21(25)26-22/h3-10H,13-18H2,1-2H3;1-12H. The van der Waals surface area contributed by atoms with Crippen LogP contribution >= 0.6 is 0 Å². The van der Waals surface area contributed by atoms with E-state index in [1.165, 1.54) is 49.7 Å². The van der Waals surface area contributed by atoms with Crippen LogP contribution in [0.25, 0.3) is 0 Å². The third-order valence-corrected chi connectivity index (χ3v) is 12.5. The first kappa shape index (κ1) is 34.6. The van der Waals surface area contributed by atoms with Crippen molar-refractivity contribution in [3.63, 3.8) is 0 Å². The van der Waals surface area contributed by atoms with Gasteiger partial charge in [0, 0.05) is 16.7 Å². The highest BCUT2D eigenvalue weighted by Crippen LogP contribution is 2.74. The van der Waals surface area contributed by atoms with Crippen LogP contribution in [0.1, 0.15) is 113 Å². The molecule has 0 saturated heterocycles. The summed E-state index contributed by atoms with van der Waals surface area (Å²) >= 11 is 0. The highest BCUT2D eigenvalue weighted by atomic mass is 16.6. The van der Waals surface area contributed by atoms with Crippen LogP contribution in [0.4, 0.5) is 0 Å². The van der Waals surface area contributed by atoms with E-state index < -0.39 is 11.6 Å². The molecule has 5 aliphatic rings. The zero-order valence-corrected chi connectivity index (χ0v) is 30.4. The molecule has 262 valence electrons. The highest BCUT2D eigenvalue weighted by molar-refractivity contribution is 5.96. The fraction of sp³-hybridized carbons (Fsp3) is 0.271. The Morgan fingerprint density at radius 2 is 0.815 bits per heavy atom. The van der Waals surface area contributed by atoms with E-state index in [9.17, 15) is 15.3 Å². The van der Waals surface area contributed by atoms with Crippen LogP contribution < -0.4 is 0 Å². The maximum atomic E-state index is 12.5. The Kier molecular flexibility index (Phi) is 8.07. The van der Waals surface area contributed by atoms with E-state index in [0.29, 0.717) is 27.5 Å². The number of hydrogen-bond donors (Lipinski definition) is 0. The number of cyclic esters (lactones) is 1. The first-order chi connectivity index (χ1) is 26.0. The quantitative estimate of drug-likeness (QED) is 0.172.